The van der Waals surface area contributed by atoms with Gasteiger partial charge in [0.05, 0.1) is 11.2 Å². The van der Waals surface area contributed by atoms with E-state index in [0.717, 1.165) is 39.3 Å². The first-order valence-corrected chi connectivity index (χ1v) is 7.43. The molecule has 20 heavy (non-hydrogen) atoms. The van der Waals surface area contributed by atoms with Gasteiger partial charge in [-0.05, 0) is 13.0 Å². The van der Waals surface area contributed by atoms with Crippen LogP contribution in [0.25, 0.3) is 10.9 Å². The van der Waals surface area contributed by atoms with Gasteiger partial charge < -0.3 is 15.2 Å². The van der Waals surface area contributed by atoms with Gasteiger partial charge in [0.25, 0.3) is 0 Å². The number of piperazine rings is 1. The minimum Gasteiger partial charge on any atom is -0.367 e. The summed E-state index contributed by atoms with van der Waals surface area (Å²) in [7, 11) is 2.16. The lowest BCUT2D eigenvalue weighted by molar-refractivity contribution is 0.265. The Balaban J connectivity index is 1.90. The van der Waals surface area contributed by atoms with Crippen LogP contribution in [0.2, 0.25) is 0 Å². The summed E-state index contributed by atoms with van der Waals surface area (Å²) in [6, 6.07) is 8.70. The van der Waals surface area contributed by atoms with E-state index in [1.165, 1.54) is 22.3 Å². The maximum Gasteiger partial charge on any atom is 0.0657 e. The fraction of sp³-hybridized carbons (Fsp3) is 0.500. The van der Waals surface area contributed by atoms with Crippen molar-refractivity contribution in [1.29, 1.82) is 0 Å². The number of anilines is 1. The minimum atomic E-state index is 0.757. The van der Waals surface area contributed by atoms with Crippen LogP contribution >= 0.6 is 0 Å². The summed E-state index contributed by atoms with van der Waals surface area (Å²) in [6.45, 7) is 8.40. The lowest BCUT2D eigenvalue weighted by Gasteiger charge is -2.36. The molecule has 108 valence electrons. The summed E-state index contributed by atoms with van der Waals surface area (Å²) in [4.78, 5) is 4.99. The second kappa shape index (κ2) is 5.46. The maximum atomic E-state index is 5.65. The third kappa shape index (κ3) is 2.19. The SMILES string of the molecule is Cc1c(N2CCN(CCN)CC2)c2ccccc2n1C. The Morgan fingerprint density at radius 1 is 1.10 bits per heavy atom. The highest BCUT2D eigenvalue weighted by Gasteiger charge is 2.21. The van der Waals surface area contributed by atoms with Gasteiger partial charge in [0.1, 0.15) is 0 Å². The van der Waals surface area contributed by atoms with Gasteiger partial charge in [-0.25, -0.2) is 0 Å². The Labute approximate surface area is 120 Å². The van der Waals surface area contributed by atoms with Gasteiger partial charge in [0.15, 0.2) is 0 Å². The van der Waals surface area contributed by atoms with Crippen LogP contribution in [0.15, 0.2) is 24.3 Å². The van der Waals surface area contributed by atoms with E-state index in [9.17, 15) is 0 Å². The minimum absolute atomic E-state index is 0.757. The zero-order valence-corrected chi connectivity index (χ0v) is 12.5. The molecule has 1 aromatic heterocycles. The molecule has 1 fully saturated rings. The van der Waals surface area contributed by atoms with Crippen molar-refractivity contribution in [2.24, 2.45) is 12.8 Å². The highest BCUT2D eigenvalue weighted by Crippen LogP contribution is 2.33. The first-order valence-electron chi connectivity index (χ1n) is 7.43. The standard InChI is InChI=1S/C16H24N4/c1-13-16(14-5-3-4-6-15(14)18(13)2)20-11-9-19(8-7-17)10-12-20/h3-6H,7-12,17H2,1-2H3. The summed E-state index contributed by atoms with van der Waals surface area (Å²) in [5, 5.41) is 1.37. The lowest BCUT2D eigenvalue weighted by Crippen LogP contribution is -2.47. The topological polar surface area (TPSA) is 37.4 Å². The number of para-hydroxylation sites is 1. The zero-order chi connectivity index (χ0) is 14.1. The number of aromatic nitrogens is 1. The molecule has 0 amide bonds. The Morgan fingerprint density at radius 3 is 2.50 bits per heavy atom. The molecule has 0 spiro atoms. The highest BCUT2D eigenvalue weighted by molar-refractivity contribution is 5.95. The Morgan fingerprint density at radius 2 is 1.80 bits per heavy atom. The number of nitrogens with two attached hydrogens (primary N) is 1. The van der Waals surface area contributed by atoms with Crippen LogP contribution in [0.3, 0.4) is 0 Å². The van der Waals surface area contributed by atoms with E-state index in [4.69, 9.17) is 5.73 Å². The molecule has 1 aliphatic heterocycles. The molecular weight excluding hydrogens is 248 g/mol. The average Bonchev–Trinajstić information content (AvgIpc) is 2.73. The molecule has 4 nitrogen and oxygen atoms in total. The second-order valence-corrected chi connectivity index (χ2v) is 5.63. The van der Waals surface area contributed by atoms with E-state index >= 15 is 0 Å². The predicted octanol–water partition coefficient (Wildman–Crippen LogP) is 1.57. The van der Waals surface area contributed by atoms with Crippen molar-refractivity contribution in [1.82, 2.24) is 9.47 Å². The van der Waals surface area contributed by atoms with Crippen LogP contribution in [0.4, 0.5) is 5.69 Å². The third-order valence-electron chi connectivity index (χ3n) is 4.50. The molecule has 4 heteroatoms. The van der Waals surface area contributed by atoms with Crippen molar-refractivity contribution in [3.8, 4) is 0 Å². The highest BCUT2D eigenvalue weighted by atomic mass is 15.3. The van der Waals surface area contributed by atoms with Gasteiger partial charge in [-0.1, -0.05) is 18.2 Å². The smallest absolute Gasteiger partial charge is 0.0657 e. The molecule has 3 rings (SSSR count). The number of benzene rings is 1. The van der Waals surface area contributed by atoms with Gasteiger partial charge in [-0.15, -0.1) is 0 Å². The number of fused-ring (bicyclic) bond motifs is 1. The molecule has 1 saturated heterocycles. The summed E-state index contributed by atoms with van der Waals surface area (Å²) in [5.74, 6) is 0. The molecule has 0 aliphatic carbocycles. The molecule has 1 aromatic carbocycles. The van der Waals surface area contributed by atoms with E-state index < -0.39 is 0 Å². The van der Waals surface area contributed by atoms with Crippen molar-refractivity contribution < 1.29 is 0 Å². The molecule has 1 aliphatic rings. The number of hydrogen-bond donors (Lipinski definition) is 1. The summed E-state index contributed by atoms with van der Waals surface area (Å²) in [6.07, 6.45) is 0. The molecule has 2 heterocycles. The van der Waals surface area contributed by atoms with Crippen molar-refractivity contribution in [3.05, 3.63) is 30.0 Å². The monoisotopic (exact) mass is 272 g/mol. The van der Waals surface area contributed by atoms with Crippen LogP contribution < -0.4 is 10.6 Å². The fourth-order valence-electron chi connectivity index (χ4n) is 3.28. The molecule has 0 unspecified atom stereocenters. The summed E-state index contributed by atoms with van der Waals surface area (Å²) >= 11 is 0. The van der Waals surface area contributed by atoms with Gasteiger partial charge in [0.2, 0.25) is 0 Å². The third-order valence-corrected chi connectivity index (χ3v) is 4.50. The van der Waals surface area contributed by atoms with Gasteiger partial charge in [0, 0.05) is 57.4 Å². The molecule has 0 bridgehead atoms. The zero-order valence-electron chi connectivity index (χ0n) is 12.5. The van der Waals surface area contributed by atoms with Gasteiger partial charge in [-0.3, -0.25) is 4.90 Å². The molecule has 0 saturated carbocycles. The second-order valence-electron chi connectivity index (χ2n) is 5.63. The number of aryl methyl sites for hydroxylation is 1. The Bertz CT molecular complexity index is 594. The quantitative estimate of drug-likeness (QED) is 0.921. The number of nitrogens with zero attached hydrogens (tertiary/aromatic N) is 3. The maximum absolute atomic E-state index is 5.65. The largest absolute Gasteiger partial charge is 0.367 e. The first-order chi connectivity index (χ1) is 9.72. The summed E-state index contributed by atoms with van der Waals surface area (Å²) < 4.78 is 2.30. The van der Waals surface area contributed by atoms with E-state index in [-0.39, 0.29) is 0 Å². The summed E-state index contributed by atoms with van der Waals surface area (Å²) in [5.41, 5.74) is 9.74. The van der Waals surface area contributed by atoms with Crippen molar-refractivity contribution in [2.75, 3.05) is 44.2 Å². The van der Waals surface area contributed by atoms with E-state index in [1.807, 2.05) is 0 Å². The Hall–Kier alpha value is -1.52. The van der Waals surface area contributed by atoms with E-state index in [0.29, 0.717) is 0 Å². The molecular formula is C16H24N4. The van der Waals surface area contributed by atoms with Gasteiger partial charge >= 0.3 is 0 Å². The van der Waals surface area contributed by atoms with Crippen LogP contribution in [-0.2, 0) is 7.05 Å². The molecule has 0 radical (unpaired) electrons. The normalized spacial score (nSPS) is 17.1. The molecule has 0 atom stereocenters. The van der Waals surface area contributed by atoms with Crippen molar-refractivity contribution in [3.63, 3.8) is 0 Å². The van der Waals surface area contributed by atoms with Crippen LogP contribution in [0.1, 0.15) is 5.69 Å². The lowest BCUT2D eigenvalue weighted by atomic mass is 10.2. The van der Waals surface area contributed by atoms with E-state index in [1.54, 1.807) is 0 Å². The van der Waals surface area contributed by atoms with Crippen LogP contribution in [-0.4, -0.2) is 48.7 Å². The van der Waals surface area contributed by atoms with Crippen LogP contribution in [0.5, 0.6) is 0 Å². The van der Waals surface area contributed by atoms with Crippen molar-refractivity contribution in [2.45, 2.75) is 6.92 Å². The van der Waals surface area contributed by atoms with E-state index in [2.05, 4.69) is 52.6 Å². The molecule has 2 N–H and O–H groups in total. The molecule has 2 aromatic rings. The van der Waals surface area contributed by atoms with Crippen LogP contribution in [0, 0.1) is 6.92 Å². The predicted molar refractivity (Wildman–Crippen MR) is 85.4 cm³/mol. The average molecular weight is 272 g/mol. The van der Waals surface area contributed by atoms with Crippen molar-refractivity contribution >= 4 is 16.6 Å². The number of hydrogen-bond acceptors (Lipinski definition) is 3. The van der Waals surface area contributed by atoms with Gasteiger partial charge in [-0.2, -0.15) is 0 Å². The first kappa shape index (κ1) is 13.5. The fourth-order valence-corrected chi connectivity index (χ4v) is 3.28. The Kier molecular flexibility index (Phi) is 3.68. The number of rotatable bonds is 3.